The fraction of sp³-hybridized carbons (Fsp3) is 0.571. The Labute approximate surface area is 147 Å². The minimum atomic E-state index is -0.146. The van der Waals surface area contributed by atoms with Gasteiger partial charge in [-0.05, 0) is 39.2 Å². The van der Waals surface area contributed by atoms with Crippen molar-refractivity contribution < 1.29 is 4.79 Å². The highest BCUT2D eigenvalue weighted by Crippen LogP contribution is 2.18. The number of carbonyl (C=O) groups excluding carboxylic acids is 1. The van der Waals surface area contributed by atoms with E-state index in [1.165, 1.54) is 0 Å². The lowest BCUT2D eigenvalue weighted by Crippen LogP contribution is -2.47. The highest BCUT2D eigenvalue weighted by molar-refractivity contribution is 5.91. The van der Waals surface area contributed by atoms with Gasteiger partial charge in [0.05, 0.1) is 0 Å². The molecular weight excluding hydrogens is 339 g/mol. The normalized spacial score (nSPS) is 17.5. The molecule has 3 heterocycles. The maximum atomic E-state index is 12.6. The Hall–Kier alpha value is -1.44. The predicted octanol–water partition coefficient (Wildman–Crippen LogP) is 1.54. The number of aryl methyl sites for hydroxylation is 2. The maximum absolute atomic E-state index is 12.6. The van der Waals surface area contributed by atoms with E-state index in [0.29, 0.717) is 12.3 Å². The summed E-state index contributed by atoms with van der Waals surface area (Å²) in [6.07, 6.45) is 3.07. The van der Waals surface area contributed by atoms with Crippen LogP contribution in [0.15, 0.2) is 6.07 Å². The number of likely N-dealkylation sites (tertiary alicyclic amines) is 1. The van der Waals surface area contributed by atoms with Crippen molar-refractivity contribution in [3.8, 4) is 0 Å². The van der Waals surface area contributed by atoms with Gasteiger partial charge in [-0.2, -0.15) is 4.98 Å². The molecular formula is C14H22Cl2N6O. The number of nitrogens with two attached hydrogens (primary N) is 1. The summed E-state index contributed by atoms with van der Waals surface area (Å²) in [5.74, 6) is 0.529. The Bertz CT molecular complexity index is 689. The van der Waals surface area contributed by atoms with Crippen molar-refractivity contribution in [3.63, 3.8) is 0 Å². The Kier molecular flexibility index (Phi) is 6.73. The van der Waals surface area contributed by atoms with Gasteiger partial charge in [-0.15, -0.1) is 29.9 Å². The molecule has 1 fully saturated rings. The van der Waals surface area contributed by atoms with Crippen LogP contribution in [0.25, 0.3) is 5.78 Å². The Morgan fingerprint density at radius 2 is 2.04 bits per heavy atom. The van der Waals surface area contributed by atoms with Crippen LogP contribution in [0.2, 0.25) is 0 Å². The van der Waals surface area contributed by atoms with E-state index in [1.54, 1.807) is 9.42 Å². The van der Waals surface area contributed by atoms with E-state index in [4.69, 9.17) is 5.73 Å². The zero-order valence-electron chi connectivity index (χ0n) is 13.2. The number of nitrogens with zero attached hydrogens (tertiary/aromatic N) is 5. The van der Waals surface area contributed by atoms with E-state index in [-0.39, 0.29) is 42.6 Å². The molecule has 1 atom stereocenters. The SMILES string of the molecule is Cc1cc(C)n2nc(C(=O)N3CCCCC3CN)nc2n1.Cl.Cl. The van der Waals surface area contributed by atoms with Crippen molar-refractivity contribution >= 4 is 36.5 Å². The van der Waals surface area contributed by atoms with Gasteiger partial charge in [-0.1, -0.05) is 0 Å². The fourth-order valence-corrected chi connectivity index (χ4v) is 2.90. The summed E-state index contributed by atoms with van der Waals surface area (Å²) in [5, 5.41) is 4.31. The second kappa shape index (κ2) is 7.90. The third-order valence-corrected chi connectivity index (χ3v) is 3.97. The minimum absolute atomic E-state index is 0. The minimum Gasteiger partial charge on any atom is -0.332 e. The van der Waals surface area contributed by atoms with Crippen LogP contribution >= 0.6 is 24.8 Å². The van der Waals surface area contributed by atoms with Crippen LogP contribution in [0, 0.1) is 13.8 Å². The number of halogens is 2. The molecule has 1 saturated heterocycles. The average Bonchev–Trinajstić information content (AvgIpc) is 2.90. The van der Waals surface area contributed by atoms with Crippen molar-refractivity contribution in [2.75, 3.05) is 13.1 Å². The standard InChI is InChI=1S/C14H20N6O.2ClH/c1-9-7-10(2)20-14(16-9)17-12(18-20)13(21)19-6-4-3-5-11(19)8-15;;/h7,11H,3-6,8,15H2,1-2H3;2*1H. The molecule has 0 aromatic carbocycles. The summed E-state index contributed by atoms with van der Waals surface area (Å²) in [6.45, 7) is 5.03. The zero-order valence-corrected chi connectivity index (χ0v) is 14.9. The highest BCUT2D eigenvalue weighted by atomic mass is 35.5. The second-order valence-corrected chi connectivity index (χ2v) is 5.57. The molecule has 0 radical (unpaired) electrons. The van der Waals surface area contributed by atoms with Crippen LogP contribution in [0.3, 0.4) is 0 Å². The van der Waals surface area contributed by atoms with Crippen LogP contribution in [0.4, 0.5) is 0 Å². The first kappa shape index (κ1) is 19.6. The van der Waals surface area contributed by atoms with E-state index in [1.807, 2.05) is 19.9 Å². The summed E-state index contributed by atoms with van der Waals surface area (Å²) in [4.78, 5) is 23.0. The predicted molar refractivity (Wildman–Crippen MR) is 92.5 cm³/mol. The summed E-state index contributed by atoms with van der Waals surface area (Å²) < 4.78 is 1.61. The number of piperidine rings is 1. The van der Waals surface area contributed by atoms with Crippen LogP contribution < -0.4 is 5.73 Å². The third kappa shape index (κ3) is 3.73. The molecule has 2 aromatic rings. The molecule has 1 aliphatic rings. The molecule has 7 nitrogen and oxygen atoms in total. The molecule has 2 N–H and O–H groups in total. The molecule has 9 heteroatoms. The van der Waals surface area contributed by atoms with Crippen LogP contribution in [-0.2, 0) is 0 Å². The monoisotopic (exact) mass is 360 g/mol. The molecule has 0 saturated carbocycles. The van der Waals surface area contributed by atoms with Gasteiger partial charge in [0.2, 0.25) is 5.82 Å². The first-order valence-electron chi connectivity index (χ1n) is 7.32. The molecule has 1 aliphatic heterocycles. The third-order valence-electron chi connectivity index (χ3n) is 3.97. The Morgan fingerprint density at radius 1 is 1.30 bits per heavy atom. The summed E-state index contributed by atoms with van der Waals surface area (Å²) >= 11 is 0. The molecule has 23 heavy (non-hydrogen) atoms. The van der Waals surface area contributed by atoms with E-state index in [0.717, 1.165) is 37.2 Å². The van der Waals surface area contributed by atoms with Crippen molar-refractivity contribution in [1.82, 2.24) is 24.5 Å². The van der Waals surface area contributed by atoms with E-state index in [9.17, 15) is 4.79 Å². The number of rotatable bonds is 2. The number of aromatic nitrogens is 4. The Balaban J connectivity index is 0.00000132. The molecule has 0 bridgehead atoms. The maximum Gasteiger partial charge on any atom is 0.293 e. The highest BCUT2D eigenvalue weighted by Gasteiger charge is 2.29. The van der Waals surface area contributed by atoms with E-state index >= 15 is 0 Å². The van der Waals surface area contributed by atoms with Gasteiger partial charge in [0.1, 0.15) is 0 Å². The first-order chi connectivity index (χ1) is 10.1. The molecule has 1 unspecified atom stereocenters. The molecule has 2 aromatic heterocycles. The molecule has 0 aliphatic carbocycles. The summed E-state index contributed by atoms with van der Waals surface area (Å²) in [6, 6.07) is 2.01. The second-order valence-electron chi connectivity index (χ2n) is 5.57. The van der Waals surface area contributed by atoms with Crippen molar-refractivity contribution in [2.45, 2.75) is 39.2 Å². The van der Waals surface area contributed by atoms with Crippen LogP contribution in [0.1, 0.15) is 41.3 Å². The van der Waals surface area contributed by atoms with Crippen LogP contribution in [-0.4, -0.2) is 49.5 Å². The number of fused-ring (bicyclic) bond motifs is 1. The van der Waals surface area contributed by atoms with Gasteiger partial charge < -0.3 is 10.6 Å². The molecule has 1 amide bonds. The molecule has 0 spiro atoms. The summed E-state index contributed by atoms with van der Waals surface area (Å²) in [7, 11) is 0. The van der Waals surface area contributed by atoms with Crippen molar-refractivity contribution in [2.24, 2.45) is 5.73 Å². The number of hydrogen-bond donors (Lipinski definition) is 1. The quantitative estimate of drug-likeness (QED) is 0.876. The largest absolute Gasteiger partial charge is 0.332 e. The Morgan fingerprint density at radius 3 is 2.74 bits per heavy atom. The van der Waals surface area contributed by atoms with E-state index < -0.39 is 0 Å². The zero-order chi connectivity index (χ0) is 15.0. The lowest BCUT2D eigenvalue weighted by atomic mass is 10.0. The summed E-state index contributed by atoms with van der Waals surface area (Å²) in [5.41, 5.74) is 7.56. The van der Waals surface area contributed by atoms with Gasteiger partial charge in [0, 0.05) is 30.5 Å². The van der Waals surface area contributed by atoms with Crippen LogP contribution in [0.5, 0.6) is 0 Å². The van der Waals surface area contributed by atoms with Crippen molar-refractivity contribution in [3.05, 3.63) is 23.3 Å². The topological polar surface area (TPSA) is 89.4 Å². The van der Waals surface area contributed by atoms with Gasteiger partial charge >= 0.3 is 0 Å². The first-order valence-corrected chi connectivity index (χ1v) is 7.32. The van der Waals surface area contributed by atoms with Gasteiger partial charge in [0.25, 0.3) is 11.7 Å². The number of hydrogen-bond acceptors (Lipinski definition) is 5. The van der Waals surface area contributed by atoms with Gasteiger partial charge in [-0.3, -0.25) is 4.79 Å². The van der Waals surface area contributed by atoms with Gasteiger partial charge in [-0.25, -0.2) is 9.50 Å². The molecule has 3 rings (SSSR count). The number of amides is 1. The smallest absolute Gasteiger partial charge is 0.293 e. The van der Waals surface area contributed by atoms with Gasteiger partial charge in [0.15, 0.2) is 0 Å². The van der Waals surface area contributed by atoms with E-state index in [2.05, 4.69) is 15.1 Å². The number of carbonyl (C=O) groups is 1. The lowest BCUT2D eigenvalue weighted by molar-refractivity contribution is 0.0611. The fourth-order valence-electron chi connectivity index (χ4n) is 2.90. The molecule has 128 valence electrons. The van der Waals surface area contributed by atoms with Crippen molar-refractivity contribution in [1.29, 1.82) is 0 Å². The lowest BCUT2D eigenvalue weighted by Gasteiger charge is -2.34. The average molecular weight is 361 g/mol.